The van der Waals surface area contributed by atoms with Crippen molar-refractivity contribution in [3.05, 3.63) is 28.3 Å². The number of nitrogens with two attached hydrogens (primary N) is 1. The van der Waals surface area contributed by atoms with Crippen molar-refractivity contribution in [3.63, 3.8) is 0 Å². The third kappa shape index (κ3) is 2.25. The van der Waals surface area contributed by atoms with Gasteiger partial charge in [-0.25, -0.2) is 0 Å². The molecule has 1 aliphatic heterocycles. The van der Waals surface area contributed by atoms with Crippen LogP contribution in [0.25, 0.3) is 0 Å². The first-order valence-corrected chi connectivity index (χ1v) is 5.48. The number of benzene rings is 1. The van der Waals surface area contributed by atoms with Crippen molar-refractivity contribution >= 4 is 17.3 Å². The first-order valence-electron chi connectivity index (χ1n) is 5.10. The molecular formula is C11H15ClN2O. The van der Waals surface area contributed by atoms with Gasteiger partial charge in [-0.1, -0.05) is 11.6 Å². The number of β-amino-alcohol motifs (C(OH)–C–C–N with tert-alkyl or cyclic N) is 1. The highest BCUT2D eigenvalue weighted by Gasteiger charge is 2.18. The molecule has 0 saturated carbocycles. The van der Waals surface area contributed by atoms with Crippen LogP contribution in [-0.2, 0) is 13.0 Å². The molecule has 1 aliphatic rings. The van der Waals surface area contributed by atoms with Gasteiger partial charge in [0.15, 0.2) is 0 Å². The molecule has 1 aromatic rings. The molecule has 0 saturated heterocycles. The van der Waals surface area contributed by atoms with Crippen molar-refractivity contribution < 1.29 is 5.11 Å². The number of halogens is 1. The molecule has 0 atom stereocenters. The van der Waals surface area contributed by atoms with Gasteiger partial charge < -0.3 is 10.8 Å². The molecule has 0 aromatic heterocycles. The molecule has 1 heterocycles. The lowest BCUT2D eigenvalue weighted by atomic mass is 9.98. The number of rotatable bonds is 2. The third-order valence-corrected chi connectivity index (χ3v) is 3.05. The lowest BCUT2D eigenvalue weighted by molar-refractivity contribution is 0.184. The number of anilines is 1. The number of aliphatic hydroxyl groups is 1. The maximum atomic E-state index is 8.88. The van der Waals surface area contributed by atoms with Crippen LogP contribution in [0.5, 0.6) is 0 Å². The average molecular weight is 227 g/mol. The van der Waals surface area contributed by atoms with E-state index in [1.54, 1.807) is 0 Å². The summed E-state index contributed by atoms with van der Waals surface area (Å²) in [7, 11) is 0. The van der Waals surface area contributed by atoms with Gasteiger partial charge in [-0.05, 0) is 29.7 Å². The van der Waals surface area contributed by atoms with Crippen molar-refractivity contribution in [2.75, 3.05) is 25.4 Å². The van der Waals surface area contributed by atoms with Gasteiger partial charge in [-0.3, -0.25) is 4.90 Å². The summed E-state index contributed by atoms with van der Waals surface area (Å²) in [4.78, 5) is 2.21. The first-order chi connectivity index (χ1) is 7.20. The van der Waals surface area contributed by atoms with E-state index in [0.717, 1.165) is 25.2 Å². The summed E-state index contributed by atoms with van der Waals surface area (Å²) in [6, 6.07) is 3.78. The number of hydrogen-bond acceptors (Lipinski definition) is 3. The summed E-state index contributed by atoms with van der Waals surface area (Å²) < 4.78 is 0. The predicted molar refractivity (Wildman–Crippen MR) is 61.9 cm³/mol. The predicted octanol–water partition coefficient (Wildman–Crippen LogP) is 1.27. The zero-order valence-electron chi connectivity index (χ0n) is 8.54. The molecule has 82 valence electrons. The molecule has 0 spiro atoms. The maximum Gasteiger partial charge on any atom is 0.0558 e. The lowest BCUT2D eigenvalue weighted by Gasteiger charge is -2.29. The molecule has 4 heteroatoms. The lowest BCUT2D eigenvalue weighted by Crippen LogP contribution is -2.33. The van der Waals surface area contributed by atoms with E-state index >= 15 is 0 Å². The Kier molecular flexibility index (Phi) is 3.14. The minimum absolute atomic E-state index is 0.200. The van der Waals surface area contributed by atoms with Crippen LogP contribution < -0.4 is 5.73 Å². The quantitative estimate of drug-likeness (QED) is 0.747. The van der Waals surface area contributed by atoms with Crippen LogP contribution >= 0.6 is 11.6 Å². The molecule has 0 aliphatic carbocycles. The Morgan fingerprint density at radius 1 is 1.47 bits per heavy atom. The normalized spacial score (nSPS) is 16.4. The molecule has 3 nitrogen and oxygen atoms in total. The van der Waals surface area contributed by atoms with Gasteiger partial charge >= 0.3 is 0 Å². The molecule has 0 unspecified atom stereocenters. The van der Waals surface area contributed by atoms with E-state index in [1.807, 2.05) is 12.1 Å². The van der Waals surface area contributed by atoms with Crippen LogP contribution in [0.3, 0.4) is 0 Å². The van der Waals surface area contributed by atoms with Crippen molar-refractivity contribution in [2.24, 2.45) is 0 Å². The summed E-state index contributed by atoms with van der Waals surface area (Å²) in [6.07, 6.45) is 0.943. The number of fused-ring (bicyclic) bond motifs is 1. The second kappa shape index (κ2) is 4.39. The Bertz CT molecular complexity index is 368. The fourth-order valence-electron chi connectivity index (χ4n) is 2.08. The molecule has 0 fully saturated rings. The van der Waals surface area contributed by atoms with Crippen LogP contribution in [0.15, 0.2) is 12.1 Å². The summed E-state index contributed by atoms with van der Waals surface area (Å²) in [6.45, 7) is 2.71. The Balaban J connectivity index is 2.25. The minimum atomic E-state index is 0.200. The minimum Gasteiger partial charge on any atom is -0.398 e. The zero-order chi connectivity index (χ0) is 10.8. The second-order valence-corrected chi connectivity index (χ2v) is 4.32. The van der Waals surface area contributed by atoms with Gasteiger partial charge in [0.1, 0.15) is 0 Å². The van der Waals surface area contributed by atoms with E-state index in [2.05, 4.69) is 4.90 Å². The van der Waals surface area contributed by atoms with E-state index in [4.69, 9.17) is 22.4 Å². The van der Waals surface area contributed by atoms with Crippen molar-refractivity contribution in [1.29, 1.82) is 0 Å². The van der Waals surface area contributed by atoms with Gasteiger partial charge in [0.05, 0.1) is 6.61 Å². The summed E-state index contributed by atoms with van der Waals surface area (Å²) in [5.41, 5.74) is 9.11. The number of aliphatic hydroxyl groups excluding tert-OH is 1. The van der Waals surface area contributed by atoms with Crippen LogP contribution in [0.4, 0.5) is 5.69 Å². The van der Waals surface area contributed by atoms with Gasteiger partial charge in [0, 0.05) is 30.3 Å². The van der Waals surface area contributed by atoms with Crippen LogP contribution in [0.2, 0.25) is 5.02 Å². The van der Waals surface area contributed by atoms with Crippen molar-refractivity contribution in [1.82, 2.24) is 4.90 Å². The first kappa shape index (κ1) is 10.7. The topological polar surface area (TPSA) is 49.5 Å². The van der Waals surface area contributed by atoms with Gasteiger partial charge in [0.25, 0.3) is 0 Å². The van der Waals surface area contributed by atoms with Crippen molar-refractivity contribution in [2.45, 2.75) is 13.0 Å². The summed E-state index contributed by atoms with van der Waals surface area (Å²) in [5.74, 6) is 0. The Morgan fingerprint density at radius 2 is 2.27 bits per heavy atom. The highest BCUT2D eigenvalue weighted by molar-refractivity contribution is 6.31. The Hall–Kier alpha value is -0.770. The van der Waals surface area contributed by atoms with E-state index in [-0.39, 0.29) is 6.61 Å². The van der Waals surface area contributed by atoms with Gasteiger partial charge in [-0.15, -0.1) is 0 Å². The molecular weight excluding hydrogens is 212 g/mol. The monoisotopic (exact) mass is 226 g/mol. The zero-order valence-corrected chi connectivity index (χ0v) is 9.30. The largest absolute Gasteiger partial charge is 0.398 e. The number of nitrogens with zero attached hydrogens (tertiary/aromatic N) is 1. The molecule has 0 bridgehead atoms. The summed E-state index contributed by atoms with van der Waals surface area (Å²) in [5, 5.41) is 9.58. The maximum absolute atomic E-state index is 8.88. The third-order valence-electron chi connectivity index (χ3n) is 2.83. The molecule has 15 heavy (non-hydrogen) atoms. The second-order valence-electron chi connectivity index (χ2n) is 3.88. The van der Waals surface area contributed by atoms with Crippen LogP contribution in [-0.4, -0.2) is 29.7 Å². The molecule has 0 amide bonds. The fraction of sp³-hybridized carbons (Fsp3) is 0.455. The summed E-state index contributed by atoms with van der Waals surface area (Å²) >= 11 is 5.96. The number of nitrogen functional groups attached to an aromatic ring is 1. The highest BCUT2D eigenvalue weighted by atomic mass is 35.5. The Labute approximate surface area is 94.4 Å². The van der Waals surface area contributed by atoms with Crippen LogP contribution in [0.1, 0.15) is 11.1 Å². The smallest absolute Gasteiger partial charge is 0.0558 e. The van der Waals surface area contributed by atoms with Gasteiger partial charge in [0.2, 0.25) is 0 Å². The molecule has 3 N–H and O–H groups in total. The fourth-order valence-corrected chi connectivity index (χ4v) is 2.33. The van der Waals surface area contributed by atoms with Gasteiger partial charge in [-0.2, -0.15) is 0 Å². The van der Waals surface area contributed by atoms with Crippen LogP contribution in [0, 0.1) is 0 Å². The Morgan fingerprint density at radius 3 is 3.00 bits per heavy atom. The molecule has 2 rings (SSSR count). The van der Waals surface area contributed by atoms with Crippen molar-refractivity contribution in [3.8, 4) is 0 Å². The SMILES string of the molecule is Nc1cc(Cl)cc2c1CCN(CCO)C2. The highest BCUT2D eigenvalue weighted by Crippen LogP contribution is 2.27. The van der Waals surface area contributed by atoms with E-state index in [9.17, 15) is 0 Å². The average Bonchev–Trinajstić information content (AvgIpc) is 2.17. The van der Waals surface area contributed by atoms with E-state index < -0.39 is 0 Å². The molecule has 0 radical (unpaired) electrons. The standard InChI is InChI=1S/C11H15ClN2O/c12-9-5-8-7-14(3-4-15)2-1-10(8)11(13)6-9/h5-6,15H,1-4,7,13H2. The van der Waals surface area contributed by atoms with E-state index in [1.165, 1.54) is 11.1 Å². The van der Waals surface area contributed by atoms with E-state index in [0.29, 0.717) is 11.6 Å². The number of hydrogen-bond donors (Lipinski definition) is 2. The molecule has 1 aromatic carbocycles.